The number of carboxylic acids is 2. The van der Waals surface area contributed by atoms with Crippen molar-refractivity contribution in [2.75, 3.05) is 54.0 Å². The van der Waals surface area contributed by atoms with Crippen LogP contribution in [-0.2, 0) is 33.3 Å². The molecule has 0 aromatic heterocycles. The van der Waals surface area contributed by atoms with E-state index in [9.17, 15) is 19.8 Å². The fourth-order valence-electron chi connectivity index (χ4n) is 2.62. The predicted octanol–water partition coefficient (Wildman–Crippen LogP) is 1.25. The molecule has 3 unspecified atom stereocenters. The van der Waals surface area contributed by atoms with E-state index in [1.165, 1.54) is 14.2 Å². The van der Waals surface area contributed by atoms with E-state index < -0.39 is 29.4 Å². The molecule has 3 atom stereocenters. The van der Waals surface area contributed by atoms with Gasteiger partial charge in [0.15, 0.2) is 0 Å². The van der Waals surface area contributed by atoms with E-state index in [0.717, 1.165) is 0 Å². The second-order valence-corrected chi connectivity index (χ2v) is 5.82. The highest BCUT2D eigenvalue weighted by Gasteiger charge is 2.51. The van der Waals surface area contributed by atoms with Gasteiger partial charge in [-0.05, 0) is 12.8 Å². The van der Waals surface area contributed by atoms with Crippen LogP contribution in [0.4, 0.5) is 0 Å². The Morgan fingerprint density at radius 1 is 0.962 bits per heavy atom. The summed E-state index contributed by atoms with van der Waals surface area (Å²) in [4.78, 5) is 23.8. The standard InChI is InChI=1S/C17H32O9/c1-5-13(15(18)19)14(26-12-25-10-8-23-4)17(6-2,16(20)21)11-24-9-7-22-3/h13-14H,5-12H2,1-4H3,(H,18,19)(H,20,21). The van der Waals surface area contributed by atoms with Crippen LogP contribution in [0.3, 0.4) is 0 Å². The lowest BCUT2D eigenvalue weighted by molar-refractivity contribution is -0.197. The van der Waals surface area contributed by atoms with Gasteiger partial charge >= 0.3 is 11.9 Å². The van der Waals surface area contributed by atoms with Crippen LogP contribution in [0.2, 0.25) is 0 Å². The Morgan fingerprint density at radius 3 is 1.96 bits per heavy atom. The Morgan fingerprint density at radius 2 is 1.54 bits per heavy atom. The molecule has 26 heavy (non-hydrogen) atoms. The van der Waals surface area contributed by atoms with E-state index in [1.807, 2.05) is 0 Å². The van der Waals surface area contributed by atoms with Gasteiger partial charge in [0.25, 0.3) is 0 Å². The third-order valence-electron chi connectivity index (χ3n) is 4.28. The second-order valence-electron chi connectivity index (χ2n) is 5.82. The average molecular weight is 380 g/mol. The number of hydrogen-bond donors (Lipinski definition) is 2. The van der Waals surface area contributed by atoms with E-state index in [-0.39, 0.29) is 39.5 Å². The zero-order valence-corrected chi connectivity index (χ0v) is 16.1. The molecule has 0 aromatic rings. The molecule has 0 amide bonds. The number of hydrogen-bond acceptors (Lipinski definition) is 7. The Balaban J connectivity index is 5.39. The number of carboxylic acid groups (broad SMARTS) is 2. The van der Waals surface area contributed by atoms with Gasteiger partial charge in [-0.15, -0.1) is 0 Å². The highest BCUT2D eigenvalue weighted by Crippen LogP contribution is 2.36. The van der Waals surface area contributed by atoms with Crippen LogP contribution in [0.1, 0.15) is 26.7 Å². The van der Waals surface area contributed by atoms with Crippen LogP contribution in [0, 0.1) is 11.3 Å². The summed E-state index contributed by atoms with van der Waals surface area (Å²) < 4.78 is 26.1. The van der Waals surface area contributed by atoms with Gasteiger partial charge in [0.2, 0.25) is 0 Å². The molecule has 154 valence electrons. The van der Waals surface area contributed by atoms with Gasteiger partial charge in [-0.2, -0.15) is 0 Å². The van der Waals surface area contributed by atoms with Crippen molar-refractivity contribution in [2.45, 2.75) is 32.8 Å². The fourth-order valence-corrected chi connectivity index (χ4v) is 2.62. The van der Waals surface area contributed by atoms with Gasteiger partial charge in [-0.25, -0.2) is 0 Å². The lowest BCUT2D eigenvalue weighted by Crippen LogP contribution is -2.52. The molecule has 9 nitrogen and oxygen atoms in total. The first kappa shape index (κ1) is 24.7. The van der Waals surface area contributed by atoms with Gasteiger partial charge < -0.3 is 33.9 Å². The zero-order valence-electron chi connectivity index (χ0n) is 16.1. The molecule has 0 spiro atoms. The van der Waals surface area contributed by atoms with Crippen molar-refractivity contribution in [3.05, 3.63) is 0 Å². The van der Waals surface area contributed by atoms with Gasteiger partial charge in [0.05, 0.1) is 45.1 Å². The zero-order chi connectivity index (χ0) is 20.0. The number of rotatable bonds is 17. The molecule has 0 radical (unpaired) electrons. The largest absolute Gasteiger partial charge is 0.481 e. The summed E-state index contributed by atoms with van der Waals surface area (Å²) in [5.41, 5.74) is -1.52. The maximum absolute atomic E-state index is 12.1. The van der Waals surface area contributed by atoms with Crippen LogP contribution in [0.25, 0.3) is 0 Å². The molecule has 0 saturated heterocycles. The fraction of sp³-hybridized carbons (Fsp3) is 0.882. The summed E-state index contributed by atoms with van der Waals surface area (Å²) in [6.07, 6.45) is -0.759. The molecule has 0 aliphatic rings. The Labute approximate surface area is 154 Å². The number of carbonyl (C=O) groups is 2. The van der Waals surface area contributed by atoms with Crippen LogP contribution in [0.5, 0.6) is 0 Å². The summed E-state index contributed by atoms with van der Waals surface area (Å²) in [6, 6.07) is 0. The van der Waals surface area contributed by atoms with Gasteiger partial charge in [0, 0.05) is 14.2 Å². The second kappa shape index (κ2) is 13.9. The van der Waals surface area contributed by atoms with Crippen LogP contribution in [-0.4, -0.2) is 82.3 Å². The van der Waals surface area contributed by atoms with E-state index in [0.29, 0.717) is 13.2 Å². The first-order valence-electron chi connectivity index (χ1n) is 8.62. The van der Waals surface area contributed by atoms with E-state index >= 15 is 0 Å². The maximum atomic E-state index is 12.1. The quantitative estimate of drug-likeness (QED) is 0.283. The molecule has 2 N–H and O–H groups in total. The SMILES string of the molecule is CCC(C(=O)O)C(OCOCCOC)C(CC)(COCCOC)C(=O)O. The molecule has 0 fully saturated rings. The number of ether oxygens (including phenoxy) is 5. The van der Waals surface area contributed by atoms with Crippen molar-refractivity contribution in [2.24, 2.45) is 11.3 Å². The Bertz CT molecular complexity index is 402. The molecule has 0 heterocycles. The van der Waals surface area contributed by atoms with Gasteiger partial charge in [0.1, 0.15) is 12.2 Å². The molecule has 0 aliphatic heterocycles. The van der Waals surface area contributed by atoms with E-state index in [2.05, 4.69) is 0 Å². The summed E-state index contributed by atoms with van der Waals surface area (Å²) in [6.45, 7) is 4.04. The summed E-state index contributed by atoms with van der Waals surface area (Å²) in [5.74, 6) is -3.30. The highest BCUT2D eigenvalue weighted by atomic mass is 16.7. The normalized spacial score (nSPS) is 16.0. The predicted molar refractivity (Wildman–Crippen MR) is 92.0 cm³/mol. The Hall–Kier alpha value is -1.26. The molecule has 0 saturated carbocycles. The van der Waals surface area contributed by atoms with Crippen LogP contribution in [0.15, 0.2) is 0 Å². The lowest BCUT2D eigenvalue weighted by atomic mass is 9.73. The minimum Gasteiger partial charge on any atom is -0.481 e. The summed E-state index contributed by atoms with van der Waals surface area (Å²) in [7, 11) is 3.03. The number of aliphatic carboxylic acids is 2. The maximum Gasteiger partial charge on any atom is 0.314 e. The first-order chi connectivity index (χ1) is 12.4. The van der Waals surface area contributed by atoms with Crippen molar-refractivity contribution in [1.82, 2.24) is 0 Å². The lowest BCUT2D eigenvalue weighted by Gasteiger charge is -2.38. The van der Waals surface area contributed by atoms with Crippen molar-refractivity contribution in [3.8, 4) is 0 Å². The highest BCUT2D eigenvalue weighted by molar-refractivity contribution is 5.78. The van der Waals surface area contributed by atoms with Crippen LogP contribution >= 0.6 is 0 Å². The first-order valence-corrected chi connectivity index (χ1v) is 8.62. The third-order valence-corrected chi connectivity index (χ3v) is 4.28. The smallest absolute Gasteiger partial charge is 0.314 e. The monoisotopic (exact) mass is 380 g/mol. The van der Waals surface area contributed by atoms with E-state index in [1.54, 1.807) is 13.8 Å². The molecular weight excluding hydrogens is 348 g/mol. The van der Waals surface area contributed by atoms with Crippen molar-refractivity contribution in [3.63, 3.8) is 0 Å². The molecule has 9 heteroatoms. The average Bonchev–Trinajstić information content (AvgIpc) is 2.61. The molecule has 0 bridgehead atoms. The summed E-state index contributed by atoms with van der Waals surface area (Å²) >= 11 is 0. The van der Waals surface area contributed by atoms with Crippen molar-refractivity contribution >= 4 is 11.9 Å². The number of methoxy groups -OCH3 is 2. The third kappa shape index (κ3) is 7.55. The topological polar surface area (TPSA) is 121 Å². The van der Waals surface area contributed by atoms with Crippen LogP contribution < -0.4 is 0 Å². The van der Waals surface area contributed by atoms with Gasteiger partial charge in [-0.3, -0.25) is 9.59 Å². The molecular formula is C17H32O9. The summed E-state index contributed by atoms with van der Waals surface area (Å²) in [5, 5.41) is 19.4. The van der Waals surface area contributed by atoms with E-state index in [4.69, 9.17) is 23.7 Å². The Kier molecular flexibility index (Phi) is 13.2. The van der Waals surface area contributed by atoms with Crippen molar-refractivity contribution < 1.29 is 43.5 Å². The minimum atomic E-state index is -1.52. The molecule has 0 aromatic carbocycles. The van der Waals surface area contributed by atoms with Gasteiger partial charge in [-0.1, -0.05) is 13.8 Å². The molecule has 0 aliphatic carbocycles. The molecule has 0 rings (SSSR count). The minimum absolute atomic E-state index is 0.141. The van der Waals surface area contributed by atoms with Crippen molar-refractivity contribution in [1.29, 1.82) is 0 Å².